The van der Waals surface area contributed by atoms with Gasteiger partial charge < -0.3 is 9.52 Å². The molecule has 15 heavy (non-hydrogen) atoms. The third-order valence-electron chi connectivity index (χ3n) is 2.34. The van der Waals surface area contributed by atoms with Gasteiger partial charge in [-0.1, -0.05) is 12.1 Å². The number of hydrogen-bond donors (Lipinski definition) is 1. The van der Waals surface area contributed by atoms with Gasteiger partial charge in [0.05, 0.1) is 5.60 Å². The van der Waals surface area contributed by atoms with Gasteiger partial charge in [-0.05, 0) is 38.5 Å². The zero-order chi connectivity index (χ0) is 11.1. The van der Waals surface area contributed by atoms with Gasteiger partial charge in [0.25, 0.3) is 0 Å². The van der Waals surface area contributed by atoms with Crippen LogP contribution in [0.2, 0.25) is 0 Å². The molecule has 2 rings (SSSR count). The van der Waals surface area contributed by atoms with Crippen LogP contribution in [0.3, 0.4) is 0 Å². The van der Waals surface area contributed by atoms with Gasteiger partial charge in [0.1, 0.15) is 11.3 Å². The van der Waals surface area contributed by atoms with E-state index in [4.69, 9.17) is 4.42 Å². The second-order valence-corrected chi connectivity index (χ2v) is 4.72. The summed E-state index contributed by atoms with van der Waals surface area (Å²) in [6, 6.07) is 8.09. The summed E-state index contributed by atoms with van der Waals surface area (Å²) in [6.45, 7) is 5.56. The molecular formula is C13H16O2. The molecule has 1 heterocycles. The first-order chi connectivity index (χ1) is 6.94. The zero-order valence-electron chi connectivity index (χ0n) is 9.37. The van der Waals surface area contributed by atoms with Gasteiger partial charge in [-0.3, -0.25) is 0 Å². The maximum Gasteiger partial charge on any atom is 0.134 e. The van der Waals surface area contributed by atoms with Crippen molar-refractivity contribution in [3.63, 3.8) is 0 Å². The molecule has 0 bridgehead atoms. The molecule has 0 unspecified atom stereocenters. The predicted molar refractivity (Wildman–Crippen MR) is 61.0 cm³/mol. The van der Waals surface area contributed by atoms with Gasteiger partial charge in [0.15, 0.2) is 0 Å². The van der Waals surface area contributed by atoms with Crippen LogP contribution in [-0.4, -0.2) is 10.7 Å². The molecule has 1 aromatic carbocycles. The average molecular weight is 204 g/mol. The molecule has 0 spiro atoms. The van der Waals surface area contributed by atoms with Gasteiger partial charge in [0.2, 0.25) is 0 Å². The van der Waals surface area contributed by atoms with Crippen LogP contribution in [0.5, 0.6) is 0 Å². The molecular weight excluding hydrogens is 188 g/mol. The van der Waals surface area contributed by atoms with Crippen molar-refractivity contribution in [1.29, 1.82) is 0 Å². The number of rotatable bonds is 2. The maximum absolute atomic E-state index is 9.72. The third-order valence-corrected chi connectivity index (χ3v) is 2.34. The van der Waals surface area contributed by atoms with Crippen molar-refractivity contribution in [2.24, 2.45) is 0 Å². The molecule has 0 amide bonds. The zero-order valence-corrected chi connectivity index (χ0v) is 9.37. The highest BCUT2D eigenvalue weighted by Gasteiger charge is 2.14. The Morgan fingerprint density at radius 1 is 1.27 bits per heavy atom. The normalized spacial score (nSPS) is 12.3. The summed E-state index contributed by atoms with van der Waals surface area (Å²) in [4.78, 5) is 0. The quantitative estimate of drug-likeness (QED) is 0.815. The van der Waals surface area contributed by atoms with E-state index in [1.54, 1.807) is 0 Å². The molecule has 0 saturated carbocycles. The number of aryl methyl sites for hydroxylation is 1. The van der Waals surface area contributed by atoms with E-state index in [9.17, 15) is 5.11 Å². The van der Waals surface area contributed by atoms with Crippen molar-refractivity contribution in [3.8, 4) is 0 Å². The van der Waals surface area contributed by atoms with Crippen LogP contribution in [0.4, 0.5) is 0 Å². The fourth-order valence-corrected chi connectivity index (χ4v) is 1.82. The Morgan fingerprint density at radius 2 is 2.00 bits per heavy atom. The van der Waals surface area contributed by atoms with Crippen molar-refractivity contribution in [3.05, 3.63) is 35.6 Å². The minimum Gasteiger partial charge on any atom is -0.461 e. The summed E-state index contributed by atoms with van der Waals surface area (Å²) in [5.41, 5.74) is 1.33. The first-order valence-electron chi connectivity index (χ1n) is 5.15. The van der Waals surface area contributed by atoms with Gasteiger partial charge in [-0.2, -0.15) is 0 Å². The Labute approximate surface area is 89.5 Å². The largest absolute Gasteiger partial charge is 0.461 e. The molecule has 0 radical (unpaired) electrons. The number of hydrogen-bond acceptors (Lipinski definition) is 2. The second-order valence-electron chi connectivity index (χ2n) is 4.72. The van der Waals surface area contributed by atoms with E-state index in [2.05, 4.69) is 0 Å². The lowest BCUT2D eigenvalue weighted by molar-refractivity contribution is 0.0810. The molecule has 2 aromatic rings. The number of aliphatic hydroxyl groups is 1. The fraction of sp³-hybridized carbons (Fsp3) is 0.385. The van der Waals surface area contributed by atoms with E-state index in [0.717, 1.165) is 22.3 Å². The summed E-state index contributed by atoms with van der Waals surface area (Å²) in [7, 11) is 0. The van der Waals surface area contributed by atoms with Gasteiger partial charge >= 0.3 is 0 Å². The van der Waals surface area contributed by atoms with Crippen molar-refractivity contribution in [1.82, 2.24) is 0 Å². The topological polar surface area (TPSA) is 33.4 Å². The highest BCUT2D eigenvalue weighted by molar-refractivity contribution is 5.78. The number of benzene rings is 1. The van der Waals surface area contributed by atoms with E-state index in [1.165, 1.54) is 0 Å². The van der Waals surface area contributed by atoms with E-state index in [0.29, 0.717) is 6.42 Å². The molecule has 0 aliphatic carbocycles. The smallest absolute Gasteiger partial charge is 0.134 e. The Balaban J connectivity index is 2.38. The van der Waals surface area contributed by atoms with E-state index >= 15 is 0 Å². The van der Waals surface area contributed by atoms with E-state index < -0.39 is 5.60 Å². The van der Waals surface area contributed by atoms with Gasteiger partial charge in [-0.15, -0.1) is 0 Å². The summed E-state index contributed by atoms with van der Waals surface area (Å²) in [5, 5.41) is 10.8. The van der Waals surface area contributed by atoms with Crippen LogP contribution in [0, 0.1) is 6.92 Å². The van der Waals surface area contributed by atoms with Gasteiger partial charge in [0, 0.05) is 11.8 Å². The molecule has 0 atom stereocenters. The Kier molecular flexibility index (Phi) is 2.31. The molecule has 0 aliphatic rings. The van der Waals surface area contributed by atoms with Crippen LogP contribution >= 0.6 is 0 Å². The number of fused-ring (bicyclic) bond motifs is 1. The SMILES string of the molecule is Cc1cc2ccc(CC(C)(C)O)cc2o1. The molecule has 1 N–H and O–H groups in total. The van der Waals surface area contributed by atoms with Crippen LogP contribution in [-0.2, 0) is 6.42 Å². The summed E-state index contributed by atoms with van der Waals surface area (Å²) < 4.78 is 5.54. The Hall–Kier alpha value is -1.28. The molecule has 1 aromatic heterocycles. The van der Waals surface area contributed by atoms with E-state index in [-0.39, 0.29) is 0 Å². The van der Waals surface area contributed by atoms with E-state index in [1.807, 2.05) is 45.0 Å². The molecule has 0 fully saturated rings. The van der Waals surface area contributed by atoms with Crippen molar-refractivity contribution < 1.29 is 9.52 Å². The Bertz CT molecular complexity index is 475. The van der Waals surface area contributed by atoms with Gasteiger partial charge in [-0.25, -0.2) is 0 Å². The summed E-state index contributed by atoms with van der Waals surface area (Å²) in [6.07, 6.45) is 0.642. The van der Waals surface area contributed by atoms with Crippen molar-refractivity contribution in [2.45, 2.75) is 32.8 Å². The molecule has 2 heteroatoms. The number of furan rings is 1. The monoisotopic (exact) mass is 204 g/mol. The van der Waals surface area contributed by atoms with Crippen LogP contribution in [0.25, 0.3) is 11.0 Å². The maximum atomic E-state index is 9.72. The minimum absolute atomic E-state index is 0.642. The molecule has 0 saturated heterocycles. The second kappa shape index (κ2) is 3.38. The lowest BCUT2D eigenvalue weighted by Crippen LogP contribution is -2.21. The average Bonchev–Trinajstić information content (AvgIpc) is 2.40. The third kappa shape index (κ3) is 2.39. The van der Waals surface area contributed by atoms with Crippen molar-refractivity contribution >= 4 is 11.0 Å². The fourth-order valence-electron chi connectivity index (χ4n) is 1.82. The lowest BCUT2D eigenvalue weighted by atomic mass is 9.98. The predicted octanol–water partition coefficient (Wildman–Crippen LogP) is 3.05. The standard InChI is InChI=1S/C13H16O2/c1-9-6-11-5-4-10(7-12(11)15-9)8-13(2,3)14/h4-7,14H,8H2,1-3H3. The first kappa shape index (κ1) is 10.2. The summed E-state index contributed by atoms with van der Waals surface area (Å²) >= 11 is 0. The van der Waals surface area contributed by atoms with Crippen LogP contribution in [0.1, 0.15) is 25.2 Å². The Morgan fingerprint density at radius 3 is 2.67 bits per heavy atom. The lowest BCUT2D eigenvalue weighted by Gasteiger charge is -2.16. The highest BCUT2D eigenvalue weighted by atomic mass is 16.3. The summed E-state index contributed by atoms with van der Waals surface area (Å²) in [5.74, 6) is 0.922. The minimum atomic E-state index is -0.671. The highest BCUT2D eigenvalue weighted by Crippen LogP contribution is 2.22. The first-order valence-corrected chi connectivity index (χ1v) is 5.15. The van der Waals surface area contributed by atoms with Crippen molar-refractivity contribution in [2.75, 3.05) is 0 Å². The van der Waals surface area contributed by atoms with Crippen LogP contribution in [0.15, 0.2) is 28.7 Å². The van der Waals surface area contributed by atoms with Crippen LogP contribution < -0.4 is 0 Å². The molecule has 2 nitrogen and oxygen atoms in total. The molecule has 0 aliphatic heterocycles. The molecule has 80 valence electrons.